The fourth-order valence-electron chi connectivity index (χ4n) is 2.28. The first-order chi connectivity index (χ1) is 11.6. The molecule has 3 rings (SSSR count). The van der Waals surface area contributed by atoms with Gasteiger partial charge in [-0.1, -0.05) is 54.2 Å². The van der Waals surface area contributed by atoms with Crippen molar-refractivity contribution in [2.75, 3.05) is 0 Å². The number of amides is 1. The Bertz CT molecular complexity index is 788. The molecular weight excluding hydrogens is 325 g/mol. The van der Waals surface area contributed by atoms with Crippen LogP contribution in [0.4, 0.5) is 4.39 Å². The molecule has 0 saturated carbocycles. The van der Waals surface area contributed by atoms with Crippen LogP contribution in [0.25, 0.3) is 0 Å². The topological polar surface area (TPSA) is 53.8 Å². The molecule has 1 heterocycles. The Labute approximate surface area is 143 Å². The normalized spacial score (nSPS) is 19.6. The molecule has 1 aliphatic heterocycles. The fourth-order valence-corrected chi connectivity index (χ4v) is 3.24. The van der Waals surface area contributed by atoms with E-state index in [4.69, 9.17) is 0 Å². The number of halogens is 1. The van der Waals surface area contributed by atoms with Gasteiger partial charge in [0.15, 0.2) is 5.17 Å². The second-order valence-corrected chi connectivity index (χ2v) is 6.57. The van der Waals surface area contributed by atoms with E-state index in [0.29, 0.717) is 17.3 Å². The number of carbonyl (C=O) groups excluding carboxylic acids is 1. The number of carbonyl (C=O) groups is 1. The molecule has 2 aromatic rings. The highest BCUT2D eigenvalue weighted by Crippen LogP contribution is 2.23. The molecule has 2 aromatic carbocycles. The van der Waals surface area contributed by atoms with Gasteiger partial charge in [0.1, 0.15) is 5.82 Å². The first-order valence-corrected chi connectivity index (χ1v) is 8.39. The Morgan fingerprint density at radius 3 is 2.58 bits per heavy atom. The average molecular weight is 341 g/mol. The summed E-state index contributed by atoms with van der Waals surface area (Å²) in [5, 5.41) is 11.3. The van der Waals surface area contributed by atoms with Gasteiger partial charge in [-0.05, 0) is 36.6 Å². The van der Waals surface area contributed by atoms with E-state index in [1.807, 2.05) is 30.3 Å². The lowest BCUT2D eigenvalue weighted by atomic mass is 10.1. The monoisotopic (exact) mass is 341 g/mol. The first-order valence-electron chi connectivity index (χ1n) is 7.51. The summed E-state index contributed by atoms with van der Waals surface area (Å²) in [6.07, 6.45) is 0.650. The van der Waals surface area contributed by atoms with Gasteiger partial charge in [0.2, 0.25) is 5.91 Å². The van der Waals surface area contributed by atoms with Crippen LogP contribution in [-0.4, -0.2) is 22.0 Å². The quantitative estimate of drug-likeness (QED) is 0.685. The minimum absolute atomic E-state index is 0.0581. The third kappa shape index (κ3) is 4.08. The minimum Gasteiger partial charge on any atom is -0.303 e. The van der Waals surface area contributed by atoms with Gasteiger partial charge in [0.05, 0.1) is 11.0 Å². The Morgan fingerprint density at radius 2 is 1.88 bits per heavy atom. The number of rotatable bonds is 4. The van der Waals surface area contributed by atoms with Crippen molar-refractivity contribution in [2.24, 2.45) is 10.2 Å². The molecular formula is C18H16FN3OS. The molecule has 24 heavy (non-hydrogen) atoms. The van der Waals surface area contributed by atoms with Crippen LogP contribution < -0.4 is 5.32 Å². The van der Waals surface area contributed by atoms with E-state index in [-0.39, 0.29) is 17.0 Å². The van der Waals surface area contributed by atoms with E-state index in [1.165, 1.54) is 23.9 Å². The van der Waals surface area contributed by atoms with Crippen molar-refractivity contribution < 1.29 is 9.18 Å². The van der Waals surface area contributed by atoms with Gasteiger partial charge in [-0.25, -0.2) is 4.39 Å². The molecule has 6 heteroatoms. The molecule has 0 spiro atoms. The molecule has 1 saturated heterocycles. The molecule has 4 nitrogen and oxygen atoms in total. The number of hydrogen-bond donors (Lipinski definition) is 1. The number of nitrogens with one attached hydrogen (secondary N) is 1. The van der Waals surface area contributed by atoms with Crippen LogP contribution in [-0.2, 0) is 11.2 Å². The lowest BCUT2D eigenvalue weighted by molar-refractivity contribution is -0.118. The molecule has 1 aliphatic rings. The molecule has 1 atom stereocenters. The van der Waals surface area contributed by atoms with Crippen LogP contribution in [0, 0.1) is 5.82 Å². The van der Waals surface area contributed by atoms with Gasteiger partial charge in [0, 0.05) is 0 Å². The van der Waals surface area contributed by atoms with Crippen molar-refractivity contribution in [3.8, 4) is 0 Å². The van der Waals surface area contributed by atoms with Gasteiger partial charge >= 0.3 is 0 Å². The zero-order valence-electron chi connectivity index (χ0n) is 13.1. The predicted molar refractivity (Wildman–Crippen MR) is 95.7 cm³/mol. The van der Waals surface area contributed by atoms with Gasteiger partial charge in [-0.3, -0.25) is 4.79 Å². The van der Waals surface area contributed by atoms with Crippen molar-refractivity contribution in [3.05, 3.63) is 71.5 Å². The molecule has 0 bridgehead atoms. The lowest BCUT2D eigenvalue weighted by Crippen LogP contribution is -2.25. The lowest BCUT2D eigenvalue weighted by Gasteiger charge is -2.04. The second kappa shape index (κ2) is 7.40. The smallest absolute Gasteiger partial charge is 0.239 e. The summed E-state index contributed by atoms with van der Waals surface area (Å²) in [5.41, 5.74) is 2.55. The van der Waals surface area contributed by atoms with Crippen LogP contribution in [0.5, 0.6) is 0 Å². The van der Waals surface area contributed by atoms with Crippen LogP contribution in [0.2, 0.25) is 0 Å². The second-order valence-electron chi connectivity index (χ2n) is 5.38. The van der Waals surface area contributed by atoms with E-state index < -0.39 is 0 Å². The number of benzene rings is 2. The third-order valence-electron chi connectivity index (χ3n) is 3.59. The Morgan fingerprint density at radius 1 is 1.17 bits per heavy atom. The van der Waals surface area contributed by atoms with Crippen LogP contribution in [0.3, 0.4) is 0 Å². The summed E-state index contributed by atoms with van der Waals surface area (Å²) in [5.74, 6) is -0.350. The van der Waals surface area contributed by atoms with Crippen molar-refractivity contribution in [1.82, 2.24) is 5.32 Å². The maximum Gasteiger partial charge on any atom is 0.239 e. The van der Waals surface area contributed by atoms with Gasteiger partial charge < -0.3 is 5.32 Å². The van der Waals surface area contributed by atoms with Crippen molar-refractivity contribution in [3.63, 3.8) is 0 Å². The first kappa shape index (κ1) is 16.4. The largest absolute Gasteiger partial charge is 0.303 e. The Balaban J connectivity index is 1.67. The van der Waals surface area contributed by atoms with Crippen molar-refractivity contribution in [1.29, 1.82) is 0 Å². The van der Waals surface area contributed by atoms with Crippen LogP contribution in [0.15, 0.2) is 64.8 Å². The number of hydrogen-bond acceptors (Lipinski definition) is 4. The summed E-state index contributed by atoms with van der Waals surface area (Å²) in [6.45, 7) is 1.79. The highest BCUT2D eigenvalue weighted by molar-refractivity contribution is 8.15. The highest BCUT2D eigenvalue weighted by atomic mass is 32.2. The number of thioether (sulfide) groups is 1. The molecule has 1 N–H and O–H groups in total. The molecule has 0 aliphatic carbocycles. The van der Waals surface area contributed by atoms with Crippen molar-refractivity contribution >= 4 is 28.5 Å². The van der Waals surface area contributed by atoms with Gasteiger partial charge in [-0.15, -0.1) is 5.10 Å². The summed E-state index contributed by atoms with van der Waals surface area (Å²) < 4.78 is 12.9. The standard InChI is InChI=1S/C18H16FN3OS/c1-12(14-7-9-15(19)10-8-14)21-22-18-20-17(23)16(24-18)11-13-5-3-2-4-6-13/h2-10,16H,11H2,1H3,(H,20,22,23)/b21-12+/t16-/m0/s1. The maximum absolute atomic E-state index is 12.9. The van der Waals surface area contributed by atoms with Crippen LogP contribution >= 0.6 is 11.8 Å². The summed E-state index contributed by atoms with van der Waals surface area (Å²) >= 11 is 1.38. The Kier molecular flexibility index (Phi) is 5.05. The number of amidine groups is 1. The van der Waals surface area contributed by atoms with Gasteiger partial charge in [0.25, 0.3) is 0 Å². The predicted octanol–water partition coefficient (Wildman–Crippen LogP) is 3.38. The fraction of sp³-hybridized carbons (Fsp3) is 0.167. The van der Waals surface area contributed by atoms with E-state index in [1.54, 1.807) is 19.1 Å². The summed E-state index contributed by atoms with van der Waals surface area (Å²) in [7, 11) is 0. The third-order valence-corrected chi connectivity index (χ3v) is 4.67. The molecule has 1 amide bonds. The maximum atomic E-state index is 12.9. The SMILES string of the molecule is C/C(=N\N=C1/NC(=O)[C@H](Cc2ccccc2)S1)c1ccc(F)cc1. The zero-order valence-corrected chi connectivity index (χ0v) is 13.9. The zero-order chi connectivity index (χ0) is 16.9. The molecule has 122 valence electrons. The molecule has 0 radical (unpaired) electrons. The van der Waals surface area contributed by atoms with Crippen LogP contribution in [0.1, 0.15) is 18.1 Å². The molecule has 0 unspecified atom stereocenters. The Hall–Kier alpha value is -2.47. The van der Waals surface area contributed by atoms with Crippen molar-refractivity contribution in [2.45, 2.75) is 18.6 Å². The van der Waals surface area contributed by atoms with E-state index >= 15 is 0 Å². The molecule has 1 fully saturated rings. The number of nitrogens with zero attached hydrogens (tertiary/aromatic N) is 2. The highest BCUT2D eigenvalue weighted by Gasteiger charge is 2.30. The summed E-state index contributed by atoms with van der Waals surface area (Å²) in [6, 6.07) is 15.9. The van der Waals surface area contributed by atoms with E-state index in [9.17, 15) is 9.18 Å². The van der Waals surface area contributed by atoms with E-state index in [0.717, 1.165) is 11.1 Å². The minimum atomic E-state index is -0.291. The van der Waals surface area contributed by atoms with Gasteiger partial charge in [-0.2, -0.15) is 5.10 Å². The van der Waals surface area contributed by atoms with E-state index in [2.05, 4.69) is 15.5 Å². The average Bonchev–Trinajstić information content (AvgIpc) is 2.94. The molecule has 0 aromatic heterocycles. The summed E-state index contributed by atoms with van der Waals surface area (Å²) in [4.78, 5) is 12.0.